The summed E-state index contributed by atoms with van der Waals surface area (Å²) in [4.78, 5) is 35.1. The van der Waals surface area contributed by atoms with Crippen LogP contribution in [0.3, 0.4) is 0 Å². The average Bonchev–Trinajstić information content (AvgIpc) is 2.46. The van der Waals surface area contributed by atoms with Gasteiger partial charge in [-0.25, -0.2) is 4.79 Å². The molecule has 1 saturated heterocycles. The first kappa shape index (κ1) is 14.9. The van der Waals surface area contributed by atoms with Crippen molar-refractivity contribution in [2.24, 2.45) is 0 Å². The maximum atomic E-state index is 12.5. The second-order valence-electron chi connectivity index (χ2n) is 4.68. The van der Waals surface area contributed by atoms with Crippen molar-refractivity contribution in [2.75, 3.05) is 19.8 Å². The number of nitro benzene ring substituents is 1. The van der Waals surface area contributed by atoms with E-state index in [0.717, 1.165) is 0 Å². The number of carbonyl (C=O) groups is 2. The summed E-state index contributed by atoms with van der Waals surface area (Å²) in [5.74, 6) is -1.70. The van der Waals surface area contributed by atoms with E-state index < -0.39 is 22.8 Å². The Morgan fingerprint density at radius 1 is 1.48 bits per heavy atom. The molecule has 21 heavy (non-hydrogen) atoms. The van der Waals surface area contributed by atoms with Crippen LogP contribution in [0.5, 0.6) is 0 Å². The van der Waals surface area contributed by atoms with Crippen LogP contribution in [0.2, 0.25) is 0 Å². The Labute approximate surface area is 120 Å². The van der Waals surface area contributed by atoms with Crippen molar-refractivity contribution in [2.45, 2.75) is 13.0 Å². The molecule has 1 aromatic carbocycles. The summed E-state index contributed by atoms with van der Waals surface area (Å²) in [6.45, 7) is 1.93. The number of morpholine rings is 1. The average molecular weight is 294 g/mol. The normalized spacial score (nSPS) is 18.3. The molecule has 8 heteroatoms. The lowest BCUT2D eigenvalue weighted by Gasteiger charge is -2.33. The van der Waals surface area contributed by atoms with E-state index in [1.54, 1.807) is 6.92 Å². The van der Waals surface area contributed by atoms with E-state index in [0.29, 0.717) is 5.56 Å². The van der Waals surface area contributed by atoms with Gasteiger partial charge in [0.05, 0.1) is 18.1 Å². The van der Waals surface area contributed by atoms with Crippen LogP contribution < -0.4 is 0 Å². The zero-order valence-electron chi connectivity index (χ0n) is 11.3. The second kappa shape index (κ2) is 5.88. The third-order valence-corrected chi connectivity index (χ3v) is 3.34. The Hall–Kier alpha value is -2.48. The Kier molecular flexibility index (Phi) is 4.18. The third kappa shape index (κ3) is 3.00. The van der Waals surface area contributed by atoms with Crippen LogP contribution in [0.4, 0.5) is 5.69 Å². The van der Waals surface area contributed by atoms with Gasteiger partial charge in [0.15, 0.2) is 6.04 Å². The van der Waals surface area contributed by atoms with Crippen molar-refractivity contribution >= 4 is 17.6 Å². The van der Waals surface area contributed by atoms with Gasteiger partial charge in [-0.2, -0.15) is 0 Å². The van der Waals surface area contributed by atoms with Crippen molar-refractivity contribution < 1.29 is 24.4 Å². The number of hydrogen-bond donors (Lipinski definition) is 1. The highest BCUT2D eigenvalue weighted by molar-refractivity contribution is 5.98. The fourth-order valence-corrected chi connectivity index (χ4v) is 2.16. The topological polar surface area (TPSA) is 110 Å². The maximum Gasteiger partial charge on any atom is 0.328 e. The molecular weight excluding hydrogens is 280 g/mol. The molecule has 0 bridgehead atoms. The number of amides is 1. The molecule has 0 saturated carbocycles. The first-order valence-electron chi connectivity index (χ1n) is 6.28. The lowest BCUT2D eigenvalue weighted by molar-refractivity contribution is -0.384. The standard InChI is InChI=1S/C13H14N2O6/c1-8-2-3-9(15(19)20)6-10(8)12(16)14-4-5-21-7-11(14)13(17)18/h2-3,6,11H,4-5,7H2,1H3,(H,17,18). The number of aliphatic carboxylic acids is 1. The molecule has 2 rings (SSSR count). The predicted octanol–water partition coefficient (Wildman–Crippen LogP) is 0.829. The van der Waals surface area contributed by atoms with Gasteiger partial charge in [0.25, 0.3) is 11.6 Å². The van der Waals surface area contributed by atoms with E-state index in [1.165, 1.54) is 23.1 Å². The first-order valence-corrected chi connectivity index (χ1v) is 6.28. The van der Waals surface area contributed by atoms with Gasteiger partial charge < -0.3 is 14.7 Å². The molecule has 1 aliphatic heterocycles. The zero-order valence-corrected chi connectivity index (χ0v) is 11.3. The Morgan fingerprint density at radius 2 is 2.19 bits per heavy atom. The van der Waals surface area contributed by atoms with Crippen LogP contribution in [0.1, 0.15) is 15.9 Å². The molecule has 0 spiro atoms. The van der Waals surface area contributed by atoms with E-state index in [2.05, 4.69) is 0 Å². The van der Waals surface area contributed by atoms with Crippen LogP contribution in [0, 0.1) is 17.0 Å². The van der Waals surface area contributed by atoms with Gasteiger partial charge in [0, 0.05) is 24.2 Å². The van der Waals surface area contributed by atoms with E-state index >= 15 is 0 Å². The third-order valence-electron chi connectivity index (χ3n) is 3.34. The Balaban J connectivity index is 2.36. The maximum absolute atomic E-state index is 12.5. The highest BCUT2D eigenvalue weighted by Crippen LogP contribution is 2.21. The Bertz CT molecular complexity index is 600. The smallest absolute Gasteiger partial charge is 0.328 e. The molecule has 1 aromatic rings. The van der Waals surface area contributed by atoms with E-state index in [1.807, 2.05) is 0 Å². The lowest BCUT2D eigenvalue weighted by Crippen LogP contribution is -2.52. The second-order valence-corrected chi connectivity index (χ2v) is 4.68. The minimum atomic E-state index is -1.16. The highest BCUT2D eigenvalue weighted by Gasteiger charge is 2.34. The molecule has 1 fully saturated rings. The van der Waals surface area contributed by atoms with Gasteiger partial charge in [0.1, 0.15) is 0 Å². The number of nitrogens with zero attached hydrogens (tertiary/aromatic N) is 2. The molecule has 112 valence electrons. The molecule has 1 heterocycles. The Morgan fingerprint density at radius 3 is 2.81 bits per heavy atom. The van der Waals surface area contributed by atoms with Crippen LogP contribution in [0.15, 0.2) is 18.2 Å². The molecule has 0 aliphatic carbocycles. The zero-order chi connectivity index (χ0) is 15.6. The van der Waals surface area contributed by atoms with Gasteiger partial charge in [-0.15, -0.1) is 0 Å². The van der Waals surface area contributed by atoms with Gasteiger partial charge in [-0.3, -0.25) is 14.9 Å². The van der Waals surface area contributed by atoms with Gasteiger partial charge >= 0.3 is 5.97 Å². The number of nitro groups is 1. The minimum Gasteiger partial charge on any atom is -0.480 e. The summed E-state index contributed by atoms with van der Waals surface area (Å²) >= 11 is 0. The van der Waals surface area contributed by atoms with Crippen LogP contribution >= 0.6 is 0 Å². The molecule has 8 nitrogen and oxygen atoms in total. The van der Waals surface area contributed by atoms with Gasteiger partial charge in [-0.1, -0.05) is 6.07 Å². The van der Waals surface area contributed by atoms with Crippen molar-refractivity contribution in [3.05, 3.63) is 39.4 Å². The molecule has 0 radical (unpaired) electrons. The van der Waals surface area contributed by atoms with Crippen molar-refractivity contribution in [3.63, 3.8) is 0 Å². The van der Waals surface area contributed by atoms with Crippen LogP contribution in [-0.4, -0.2) is 52.6 Å². The number of non-ortho nitro benzene ring substituents is 1. The molecular formula is C13H14N2O6. The SMILES string of the molecule is Cc1ccc([N+](=O)[O-])cc1C(=O)N1CCOCC1C(=O)O. The number of hydrogen-bond acceptors (Lipinski definition) is 5. The number of ether oxygens (including phenoxy) is 1. The van der Waals surface area contributed by atoms with Crippen LogP contribution in [0.25, 0.3) is 0 Å². The fraction of sp³-hybridized carbons (Fsp3) is 0.385. The van der Waals surface area contributed by atoms with E-state index in [9.17, 15) is 19.7 Å². The highest BCUT2D eigenvalue weighted by atomic mass is 16.6. The molecule has 1 unspecified atom stereocenters. The largest absolute Gasteiger partial charge is 0.480 e. The van der Waals surface area contributed by atoms with Crippen molar-refractivity contribution in [1.29, 1.82) is 0 Å². The molecule has 1 atom stereocenters. The van der Waals surface area contributed by atoms with Crippen molar-refractivity contribution in [1.82, 2.24) is 4.90 Å². The predicted molar refractivity (Wildman–Crippen MR) is 71.1 cm³/mol. The summed E-state index contributed by atoms with van der Waals surface area (Å²) < 4.78 is 5.07. The number of carbonyl (C=O) groups excluding carboxylic acids is 1. The number of benzene rings is 1. The monoisotopic (exact) mass is 294 g/mol. The minimum absolute atomic E-state index is 0.0882. The summed E-state index contributed by atoms with van der Waals surface area (Å²) in [7, 11) is 0. The summed E-state index contributed by atoms with van der Waals surface area (Å²) in [5.41, 5.74) is 0.489. The summed E-state index contributed by atoms with van der Waals surface area (Å²) in [6, 6.07) is 2.87. The number of rotatable bonds is 3. The van der Waals surface area contributed by atoms with Gasteiger partial charge in [-0.05, 0) is 12.5 Å². The molecule has 1 amide bonds. The quantitative estimate of drug-likeness (QED) is 0.653. The van der Waals surface area contributed by atoms with Crippen molar-refractivity contribution in [3.8, 4) is 0 Å². The summed E-state index contributed by atoms with van der Waals surface area (Å²) in [6.07, 6.45) is 0. The van der Waals surface area contributed by atoms with Gasteiger partial charge in [0.2, 0.25) is 0 Å². The van der Waals surface area contributed by atoms with E-state index in [-0.39, 0.29) is 31.0 Å². The fourth-order valence-electron chi connectivity index (χ4n) is 2.16. The number of carboxylic acid groups (broad SMARTS) is 1. The first-order chi connectivity index (χ1) is 9.91. The molecule has 1 N–H and O–H groups in total. The van der Waals surface area contributed by atoms with E-state index in [4.69, 9.17) is 9.84 Å². The lowest BCUT2D eigenvalue weighted by atomic mass is 10.1. The number of aryl methyl sites for hydroxylation is 1. The molecule has 1 aliphatic rings. The molecule has 0 aromatic heterocycles. The summed E-state index contributed by atoms with van der Waals surface area (Å²) in [5, 5.41) is 19.9. The van der Waals surface area contributed by atoms with Crippen LogP contribution in [-0.2, 0) is 9.53 Å². The number of carboxylic acids is 1.